The summed E-state index contributed by atoms with van der Waals surface area (Å²) in [4.78, 5) is 12.7. The highest BCUT2D eigenvalue weighted by Gasteiger charge is 2.32. The molecule has 3 rings (SSSR count). The smallest absolute Gasteiger partial charge is 0.243 e. The van der Waals surface area contributed by atoms with Crippen LogP contribution in [0.4, 0.5) is 10.1 Å². The normalized spacial score (nSPS) is 16.2. The Kier molecular flexibility index (Phi) is 5.92. The minimum absolute atomic E-state index is 0.161. The Bertz CT molecular complexity index is 888. The molecule has 0 atom stereocenters. The lowest BCUT2D eigenvalue weighted by molar-refractivity contribution is -0.120. The number of amides is 1. The third-order valence-corrected chi connectivity index (χ3v) is 6.82. The molecule has 1 aliphatic heterocycles. The molecule has 0 aromatic heterocycles. The topological polar surface area (TPSA) is 66.5 Å². The van der Waals surface area contributed by atoms with Gasteiger partial charge in [-0.25, -0.2) is 12.8 Å². The van der Waals surface area contributed by atoms with E-state index in [-0.39, 0.29) is 22.5 Å². The summed E-state index contributed by atoms with van der Waals surface area (Å²) in [5.41, 5.74) is 1.62. The number of hydrogen-bond acceptors (Lipinski definition) is 3. The van der Waals surface area contributed by atoms with Crippen LogP contribution in [0.5, 0.6) is 0 Å². The van der Waals surface area contributed by atoms with Crippen LogP contribution in [0.15, 0.2) is 53.4 Å². The van der Waals surface area contributed by atoms with E-state index in [2.05, 4.69) is 5.32 Å². The number of piperidine rings is 1. The van der Waals surface area contributed by atoms with Gasteiger partial charge < -0.3 is 5.32 Å². The van der Waals surface area contributed by atoms with Gasteiger partial charge in [0.15, 0.2) is 0 Å². The summed E-state index contributed by atoms with van der Waals surface area (Å²) in [6, 6.07) is 12.5. The second kappa shape index (κ2) is 8.19. The number of sulfonamides is 1. The number of carbonyl (C=O) groups is 1. The highest BCUT2D eigenvalue weighted by molar-refractivity contribution is 7.89. The van der Waals surface area contributed by atoms with Crippen molar-refractivity contribution in [3.63, 3.8) is 0 Å². The van der Waals surface area contributed by atoms with Crippen LogP contribution in [-0.2, 0) is 21.2 Å². The predicted octanol–water partition coefficient (Wildman–Crippen LogP) is 3.43. The quantitative estimate of drug-likeness (QED) is 0.851. The molecule has 0 aliphatic carbocycles. The first-order chi connectivity index (χ1) is 12.9. The molecule has 1 amide bonds. The zero-order valence-corrected chi connectivity index (χ0v) is 16.0. The molecule has 27 heavy (non-hydrogen) atoms. The monoisotopic (exact) mass is 390 g/mol. The zero-order valence-electron chi connectivity index (χ0n) is 15.2. The van der Waals surface area contributed by atoms with Crippen molar-refractivity contribution in [1.82, 2.24) is 4.31 Å². The Hall–Kier alpha value is -2.25. The van der Waals surface area contributed by atoms with Crippen molar-refractivity contribution < 1.29 is 17.6 Å². The molecule has 2 aromatic carbocycles. The van der Waals surface area contributed by atoms with Crippen LogP contribution in [0, 0.1) is 11.7 Å². The fourth-order valence-corrected chi connectivity index (χ4v) is 4.65. The van der Waals surface area contributed by atoms with Gasteiger partial charge in [0.05, 0.1) is 4.90 Å². The molecule has 1 saturated heterocycles. The van der Waals surface area contributed by atoms with E-state index in [0.29, 0.717) is 31.6 Å². The van der Waals surface area contributed by atoms with Gasteiger partial charge in [-0.3, -0.25) is 4.79 Å². The Morgan fingerprint density at radius 2 is 1.67 bits per heavy atom. The van der Waals surface area contributed by atoms with Gasteiger partial charge in [-0.1, -0.05) is 19.1 Å². The third kappa shape index (κ3) is 4.54. The molecular weight excluding hydrogens is 367 g/mol. The van der Waals surface area contributed by atoms with Gasteiger partial charge in [-0.05, 0) is 61.2 Å². The zero-order chi connectivity index (χ0) is 19.4. The fourth-order valence-electron chi connectivity index (χ4n) is 3.18. The largest absolute Gasteiger partial charge is 0.326 e. The van der Waals surface area contributed by atoms with Crippen molar-refractivity contribution in [2.24, 2.45) is 5.92 Å². The number of aryl methyl sites for hydroxylation is 1. The van der Waals surface area contributed by atoms with E-state index in [4.69, 9.17) is 0 Å². The summed E-state index contributed by atoms with van der Waals surface area (Å²) in [7, 11) is -3.54. The van der Waals surface area contributed by atoms with Crippen LogP contribution in [0.25, 0.3) is 0 Å². The van der Waals surface area contributed by atoms with Gasteiger partial charge in [0, 0.05) is 24.7 Å². The van der Waals surface area contributed by atoms with Crippen LogP contribution in [-0.4, -0.2) is 31.7 Å². The summed E-state index contributed by atoms with van der Waals surface area (Å²) in [5, 5.41) is 2.76. The summed E-state index contributed by atoms with van der Waals surface area (Å²) in [6.07, 6.45) is 1.77. The molecule has 7 heteroatoms. The summed E-state index contributed by atoms with van der Waals surface area (Å²) < 4.78 is 39.9. The van der Waals surface area contributed by atoms with Gasteiger partial charge in [0.1, 0.15) is 5.82 Å². The summed E-state index contributed by atoms with van der Waals surface area (Å²) in [6.45, 7) is 2.63. The summed E-state index contributed by atoms with van der Waals surface area (Å²) in [5.74, 6) is -0.784. The van der Waals surface area contributed by atoms with Gasteiger partial charge >= 0.3 is 0 Å². The van der Waals surface area contributed by atoms with Gasteiger partial charge in [-0.2, -0.15) is 4.31 Å². The Balaban J connectivity index is 1.60. The molecule has 0 unspecified atom stereocenters. The van der Waals surface area contributed by atoms with Crippen molar-refractivity contribution in [2.75, 3.05) is 18.4 Å². The van der Waals surface area contributed by atoms with Crippen molar-refractivity contribution in [1.29, 1.82) is 0 Å². The number of rotatable bonds is 5. The molecule has 0 spiro atoms. The van der Waals surface area contributed by atoms with Gasteiger partial charge in [0.2, 0.25) is 15.9 Å². The fraction of sp³-hybridized carbons (Fsp3) is 0.350. The van der Waals surface area contributed by atoms with Crippen molar-refractivity contribution in [3.8, 4) is 0 Å². The lowest BCUT2D eigenvalue weighted by Crippen LogP contribution is -2.41. The van der Waals surface area contributed by atoms with Crippen LogP contribution in [0.2, 0.25) is 0 Å². The van der Waals surface area contributed by atoms with Crippen LogP contribution in [0.3, 0.4) is 0 Å². The Labute approximate surface area is 159 Å². The van der Waals surface area contributed by atoms with E-state index in [1.165, 1.54) is 28.6 Å². The van der Waals surface area contributed by atoms with E-state index in [1.807, 2.05) is 19.1 Å². The Morgan fingerprint density at radius 3 is 2.22 bits per heavy atom. The number of nitrogens with zero attached hydrogens (tertiary/aromatic N) is 1. The number of carbonyl (C=O) groups excluding carboxylic acids is 1. The minimum atomic E-state index is -3.54. The first kappa shape index (κ1) is 19.5. The number of benzene rings is 2. The maximum absolute atomic E-state index is 12.9. The lowest BCUT2D eigenvalue weighted by atomic mass is 9.97. The third-order valence-electron chi connectivity index (χ3n) is 4.91. The van der Waals surface area contributed by atoms with Crippen molar-refractivity contribution >= 4 is 21.6 Å². The molecular formula is C20H23FN2O3S. The number of nitrogens with one attached hydrogen (secondary N) is 1. The highest BCUT2D eigenvalue weighted by atomic mass is 32.2. The average Bonchev–Trinajstić information content (AvgIpc) is 2.70. The van der Waals surface area contributed by atoms with Crippen LogP contribution in [0.1, 0.15) is 25.3 Å². The number of halogens is 1. The molecule has 1 aliphatic rings. The van der Waals surface area contributed by atoms with Crippen LogP contribution < -0.4 is 5.32 Å². The molecule has 0 bridgehead atoms. The Morgan fingerprint density at radius 1 is 1.07 bits per heavy atom. The second-order valence-electron chi connectivity index (χ2n) is 6.67. The van der Waals surface area contributed by atoms with Crippen molar-refractivity contribution in [2.45, 2.75) is 31.1 Å². The minimum Gasteiger partial charge on any atom is -0.326 e. The molecule has 1 heterocycles. The molecule has 1 fully saturated rings. The number of hydrogen-bond donors (Lipinski definition) is 1. The molecule has 1 N–H and O–H groups in total. The maximum atomic E-state index is 12.9. The molecule has 2 aromatic rings. The SMILES string of the molecule is CCc1ccc(S(=O)(=O)N2CCC(C(=O)Nc3ccc(F)cc3)CC2)cc1. The first-order valence-corrected chi connectivity index (χ1v) is 10.5. The van der Waals surface area contributed by atoms with E-state index in [1.54, 1.807) is 12.1 Å². The predicted molar refractivity (Wildman–Crippen MR) is 102 cm³/mol. The molecule has 144 valence electrons. The number of anilines is 1. The highest BCUT2D eigenvalue weighted by Crippen LogP contribution is 2.25. The standard InChI is InChI=1S/C20H23FN2O3S/c1-2-15-3-9-19(10-4-15)27(25,26)23-13-11-16(12-14-23)20(24)22-18-7-5-17(21)6-8-18/h3-10,16H,2,11-14H2,1H3,(H,22,24). The first-order valence-electron chi connectivity index (χ1n) is 9.05. The average molecular weight is 390 g/mol. The van der Waals surface area contributed by atoms with E-state index >= 15 is 0 Å². The summed E-state index contributed by atoms with van der Waals surface area (Å²) >= 11 is 0. The van der Waals surface area contributed by atoms with Gasteiger partial charge in [-0.15, -0.1) is 0 Å². The second-order valence-corrected chi connectivity index (χ2v) is 8.61. The van der Waals surface area contributed by atoms with E-state index in [0.717, 1.165) is 12.0 Å². The van der Waals surface area contributed by atoms with Gasteiger partial charge in [0.25, 0.3) is 0 Å². The van der Waals surface area contributed by atoms with E-state index < -0.39 is 10.0 Å². The molecule has 5 nitrogen and oxygen atoms in total. The lowest BCUT2D eigenvalue weighted by Gasteiger charge is -2.30. The molecule has 0 saturated carbocycles. The van der Waals surface area contributed by atoms with Crippen molar-refractivity contribution in [3.05, 3.63) is 59.9 Å². The maximum Gasteiger partial charge on any atom is 0.243 e. The van der Waals surface area contributed by atoms with E-state index in [9.17, 15) is 17.6 Å². The van der Waals surface area contributed by atoms with Crippen LogP contribution >= 0.6 is 0 Å². The molecule has 0 radical (unpaired) electrons.